The summed E-state index contributed by atoms with van der Waals surface area (Å²) in [5, 5.41) is -0.441. The molecule has 4 nitrogen and oxygen atoms in total. The molecule has 3 rings (SSSR count). The predicted octanol–water partition coefficient (Wildman–Crippen LogP) is 2.52. The molecule has 2 aromatic rings. The molecule has 0 unspecified atom stereocenters. The molecule has 122 valence electrons. The van der Waals surface area contributed by atoms with Crippen LogP contribution in [0.2, 0.25) is 0 Å². The molecule has 0 saturated heterocycles. The molecule has 2 aromatic carbocycles. The minimum Gasteiger partial charge on any atom is -0.497 e. The Morgan fingerprint density at radius 3 is 2.17 bits per heavy atom. The van der Waals surface area contributed by atoms with Crippen molar-refractivity contribution in [2.24, 2.45) is 11.7 Å². The number of hydrogen-bond acceptors (Lipinski definition) is 4. The van der Waals surface area contributed by atoms with Crippen molar-refractivity contribution in [2.45, 2.75) is 23.0 Å². The van der Waals surface area contributed by atoms with Gasteiger partial charge in [-0.3, -0.25) is 0 Å². The number of benzene rings is 2. The zero-order valence-corrected chi connectivity index (χ0v) is 14.1. The van der Waals surface area contributed by atoms with Crippen LogP contribution < -0.4 is 10.5 Å². The van der Waals surface area contributed by atoms with E-state index in [4.69, 9.17) is 10.5 Å². The van der Waals surface area contributed by atoms with Crippen LogP contribution in [0.1, 0.15) is 17.0 Å². The zero-order chi connectivity index (χ0) is 16.6. The Hall–Kier alpha value is -1.85. The summed E-state index contributed by atoms with van der Waals surface area (Å²) in [6.45, 7) is 2.31. The Labute approximate surface area is 137 Å². The van der Waals surface area contributed by atoms with Gasteiger partial charge >= 0.3 is 0 Å². The second-order valence-electron chi connectivity index (χ2n) is 6.02. The molecule has 0 bridgehead atoms. The third-order valence-corrected chi connectivity index (χ3v) is 6.87. The van der Waals surface area contributed by atoms with Crippen molar-refractivity contribution < 1.29 is 13.2 Å². The first-order valence-corrected chi connectivity index (χ1v) is 9.18. The summed E-state index contributed by atoms with van der Waals surface area (Å²) < 4.78 is 31.0. The average Bonchev–Trinajstić information content (AvgIpc) is 3.31. The van der Waals surface area contributed by atoms with Crippen molar-refractivity contribution in [1.82, 2.24) is 0 Å². The minimum absolute atomic E-state index is 0.0327. The molecule has 0 radical (unpaired) electrons. The van der Waals surface area contributed by atoms with Crippen molar-refractivity contribution in [2.75, 3.05) is 13.7 Å². The van der Waals surface area contributed by atoms with Gasteiger partial charge in [0.15, 0.2) is 9.84 Å². The van der Waals surface area contributed by atoms with Gasteiger partial charge < -0.3 is 10.5 Å². The molecule has 1 saturated carbocycles. The molecular weight excluding hydrogens is 310 g/mol. The standard InChI is InChI=1S/C18H21NO3S/c1-12-3-9-15(10-4-12)23(20,21)18-16(11-19)17(18)13-5-7-14(22-2)8-6-13/h3-10,16-18H,11,19H2,1-2H3/t16-,17+,18+/m1/s1. The van der Waals surface area contributed by atoms with E-state index in [2.05, 4.69) is 0 Å². The summed E-state index contributed by atoms with van der Waals surface area (Å²) in [7, 11) is -1.76. The Morgan fingerprint density at radius 2 is 1.65 bits per heavy atom. The number of ether oxygens (including phenoxy) is 1. The normalized spacial score (nSPS) is 23.5. The smallest absolute Gasteiger partial charge is 0.182 e. The van der Waals surface area contributed by atoms with E-state index in [0.29, 0.717) is 11.4 Å². The van der Waals surface area contributed by atoms with Gasteiger partial charge in [-0.25, -0.2) is 8.42 Å². The van der Waals surface area contributed by atoms with Gasteiger partial charge in [0.2, 0.25) is 0 Å². The molecule has 1 aliphatic rings. The van der Waals surface area contributed by atoms with Crippen LogP contribution in [0.25, 0.3) is 0 Å². The van der Waals surface area contributed by atoms with Crippen molar-refractivity contribution in [3.8, 4) is 5.75 Å². The maximum atomic E-state index is 12.9. The summed E-state index contributed by atoms with van der Waals surface area (Å²) in [6, 6.07) is 14.6. The number of rotatable bonds is 5. The summed E-state index contributed by atoms with van der Waals surface area (Å²) >= 11 is 0. The maximum Gasteiger partial charge on any atom is 0.182 e. The van der Waals surface area contributed by atoms with Crippen LogP contribution in [0, 0.1) is 12.8 Å². The SMILES string of the molecule is COc1ccc([C@H]2[C@@H](CN)[C@@H]2S(=O)(=O)c2ccc(C)cc2)cc1. The highest BCUT2D eigenvalue weighted by molar-refractivity contribution is 7.92. The second-order valence-corrected chi connectivity index (χ2v) is 8.13. The number of methoxy groups -OCH3 is 1. The van der Waals surface area contributed by atoms with Crippen LogP contribution in [0.15, 0.2) is 53.4 Å². The Kier molecular flexibility index (Phi) is 4.17. The molecule has 0 aromatic heterocycles. The molecule has 1 fully saturated rings. The van der Waals surface area contributed by atoms with Crippen LogP contribution in [0.5, 0.6) is 5.75 Å². The summed E-state index contributed by atoms with van der Waals surface area (Å²) in [6.07, 6.45) is 0. The first-order valence-electron chi connectivity index (χ1n) is 7.63. The second kappa shape index (κ2) is 5.98. The van der Waals surface area contributed by atoms with E-state index in [1.165, 1.54) is 0 Å². The topological polar surface area (TPSA) is 69.4 Å². The lowest BCUT2D eigenvalue weighted by Crippen LogP contribution is -2.13. The van der Waals surface area contributed by atoms with Gasteiger partial charge in [0.1, 0.15) is 5.75 Å². The fraction of sp³-hybridized carbons (Fsp3) is 0.333. The van der Waals surface area contributed by atoms with Gasteiger partial charge in [-0.2, -0.15) is 0 Å². The molecular formula is C18H21NO3S. The summed E-state index contributed by atoms with van der Waals surface area (Å²) in [4.78, 5) is 0.377. The lowest BCUT2D eigenvalue weighted by Gasteiger charge is -2.05. The Bertz CT molecular complexity index is 782. The fourth-order valence-corrected chi connectivity index (χ4v) is 5.42. The van der Waals surface area contributed by atoms with Crippen molar-refractivity contribution >= 4 is 9.84 Å². The van der Waals surface area contributed by atoms with Gasteiger partial charge in [-0.05, 0) is 49.2 Å². The Balaban J connectivity index is 1.90. The first-order chi connectivity index (χ1) is 11.0. The lowest BCUT2D eigenvalue weighted by atomic mass is 10.1. The highest BCUT2D eigenvalue weighted by Gasteiger charge is 2.57. The van der Waals surface area contributed by atoms with Gasteiger partial charge in [0.05, 0.1) is 17.3 Å². The van der Waals surface area contributed by atoms with Gasteiger partial charge in [0.25, 0.3) is 0 Å². The first kappa shape index (κ1) is 16.0. The largest absolute Gasteiger partial charge is 0.497 e. The van der Waals surface area contributed by atoms with Crippen molar-refractivity contribution in [3.63, 3.8) is 0 Å². The van der Waals surface area contributed by atoms with E-state index in [1.807, 2.05) is 43.3 Å². The number of aryl methyl sites for hydroxylation is 1. The maximum absolute atomic E-state index is 12.9. The van der Waals surface area contributed by atoms with Crippen LogP contribution in [0.3, 0.4) is 0 Å². The molecule has 0 heterocycles. The monoisotopic (exact) mass is 331 g/mol. The van der Waals surface area contributed by atoms with Crippen LogP contribution in [0.4, 0.5) is 0 Å². The summed E-state index contributed by atoms with van der Waals surface area (Å²) in [5.41, 5.74) is 7.86. The van der Waals surface area contributed by atoms with E-state index >= 15 is 0 Å². The predicted molar refractivity (Wildman–Crippen MR) is 90.4 cm³/mol. The van der Waals surface area contributed by atoms with Gasteiger partial charge in [-0.15, -0.1) is 0 Å². The van der Waals surface area contributed by atoms with E-state index in [1.54, 1.807) is 19.2 Å². The van der Waals surface area contributed by atoms with Crippen LogP contribution >= 0.6 is 0 Å². The van der Waals surface area contributed by atoms with E-state index in [-0.39, 0.29) is 11.8 Å². The molecule has 0 spiro atoms. The summed E-state index contributed by atoms with van der Waals surface area (Å²) in [5.74, 6) is 0.684. The molecule has 0 amide bonds. The highest BCUT2D eigenvalue weighted by Crippen LogP contribution is 2.53. The van der Waals surface area contributed by atoms with Crippen LogP contribution in [-0.2, 0) is 9.84 Å². The molecule has 5 heteroatoms. The van der Waals surface area contributed by atoms with Crippen LogP contribution in [-0.4, -0.2) is 27.3 Å². The molecule has 2 N–H and O–H groups in total. The number of nitrogens with two attached hydrogens (primary N) is 1. The van der Waals surface area contributed by atoms with E-state index < -0.39 is 15.1 Å². The Morgan fingerprint density at radius 1 is 1.04 bits per heavy atom. The molecule has 0 aliphatic heterocycles. The minimum atomic E-state index is -3.37. The molecule has 3 atom stereocenters. The van der Waals surface area contributed by atoms with Gasteiger partial charge in [0, 0.05) is 5.92 Å². The quantitative estimate of drug-likeness (QED) is 0.914. The highest BCUT2D eigenvalue weighted by atomic mass is 32.2. The van der Waals surface area contributed by atoms with Crippen molar-refractivity contribution in [1.29, 1.82) is 0 Å². The zero-order valence-electron chi connectivity index (χ0n) is 13.3. The molecule has 23 heavy (non-hydrogen) atoms. The number of hydrogen-bond donors (Lipinski definition) is 1. The number of sulfone groups is 1. The lowest BCUT2D eigenvalue weighted by molar-refractivity contribution is 0.414. The fourth-order valence-electron chi connectivity index (χ4n) is 3.19. The average molecular weight is 331 g/mol. The van der Waals surface area contributed by atoms with E-state index in [9.17, 15) is 8.42 Å². The third-order valence-electron chi connectivity index (χ3n) is 4.58. The van der Waals surface area contributed by atoms with Gasteiger partial charge in [-0.1, -0.05) is 29.8 Å². The molecule has 1 aliphatic carbocycles. The van der Waals surface area contributed by atoms with E-state index in [0.717, 1.165) is 16.9 Å². The third kappa shape index (κ3) is 2.86. The van der Waals surface area contributed by atoms with Crippen molar-refractivity contribution in [3.05, 3.63) is 59.7 Å².